The van der Waals surface area contributed by atoms with E-state index in [-0.39, 0.29) is 19.1 Å². The minimum Gasteiger partial charge on any atom is -0.461 e. The quantitative estimate of drug-likeness (QED) is 0.191. The SMILES string of the molecule is CC(C)(C)OC(=O)CN(CCOCCN1CCN(CCCC(=O)OCc2ccccc2)CC1)C(=O)OC(C)(C)C. The van der Waals surface area contributed by atoms with Crippen LogP contribution in [0.2, 0.25) is 0 Å². The van der Waals surface area contributed by atoms with E-state index in [9.17, 15) is 14.4 Å². The zero-order chi connectivity index (χ0) is 29.6. The molecule has 1 aromatic carbocycles. The second kappa shape index (κ2) is 16.5. The molecular formula is C30H49N3O7. The molecule has 0 bridgehead atoms. The van der Waals surface area contributed by atoms with Crippen molar-refractivity contribution in [3.63, 3.8) is 0 Å². The number of rotatable bonds is 14. The smallest absolute Gasteiger partial charge is 0.410 e. The zero-order valence-electron chi connectivity index (χ0n) is 25.3. The molecule has 0 unspecified atom stereocenters. The first-order valence-electron chi connectivity index (χ1n) is 14.2. The van der Waals surface area contributed by atoms with Crippen LogP contribution in [0.1, 0.15) is 59.9 Å². The van der Waals surface area contributed by atoms with Crippen LogP contribution >= 0.6 is 0 Å². The molecule has 10 heteroatoms. The van der Waals surface area contributed by atoms with Gasteiger partial charge in [-0.05, 0) is 60.1 Å². The van der Waals surface area contributed by atoms with Crippen molar-refractivity contribution < 1.29 is 33.3 Å². The fourth-order valence-electron chi connectivity index (χ4n) is 4.06. The molecule has 0 aromatic heterocycles. The Labute approximate surface area is 239 Å². The summed E-state index contributed by atoms with van der Waals surface area (Å²) in [5, 5.41) is 0. The monoisotopic (exact) mass is 563 g/mol. The Hall–Kier alpha value is -2.69. The van der Waals surface area contributed by atoms with Gasteiger partial charge in [0.1, 0.15) is 24.4 Å². The lowest BCUT2D eigenvalue weighted by Crippen LogP contribution is -2.47. The maximum absolute atomic E-state index is 12.6. The van der Waals surface area contributed by atoms with Crippen molar-refractivity contribution in [3.8, 4) is 0 Å². The highest BCUT2D eigenvalue weighted by molar-refractivity contribution is 5.78. The number of ether oxygens (including phenoxy) is 4. The second-order valence-corrected chi connectivity index (χ2v) is 12.0. The fourth-order valence-corrected chi connectivity index (χ4v) is 4.06. The van der Waals surface area contributed by atoms with Crippen molar-refractivity contribution in [1.82, 2.24) is 14.7 Å². The fraction of sp³-hybridized carbons (Fsp3) is 0.700. The van der Waals surface area contributed by atoms with E-state index in [0.29, 0.717) is 26.2 Å². The van der Waals surface area contributed by atoms with Gasteiger partial charge in [0.25, 0.3) is 0 Å². The summed E-state index contributed by atoms with van der Waals surface area (Å²) in [4.78, 5) is 43.0. The number of carbonyl (C=O) groups excluding carboxylic acids is 3. The van der Waals surface area contributed by atoms with Crippen LogP contribution in [0.5, 0.6) is 0 Å². The van der Waals surface area contributed by atoms with Gasteiger partial charge in [-0.25, -0.2) is 4.79 Å². The van der Waals surface area contributed by atoms with E-state index in [1.54, 1.807) is 41.5 Å². The molecule has 0 saturated carbocycles. The van der Waals surface area contributed by atoms with E-state index < -0.39 is 23.3 Å². The van der Waals surface area contributed by atoms with Crippen LogP contribution in [0.25, 0.3) is 0 Å². The van der Waals surface area contributed by atoms with Crippen molar-refractivity contribution in [2.75, 3.05) is 65.6 Å². The van der Waals surface area contributed by atoms with Crippen LogP contribution in [-0.4, -0.2) is 110 Å². The first kappa shape index (κ1) is 33.5. The third kappa shape index (κ3) is 15.2. The summed E-state index contributed by atoms with van der Waals surface area (Å²) in [5.74, 6) is -0.642. The van der Waals surface area contributed by atoms with E-state index >= 15 is 0 Å². The second-order valence-electron chi connectivity index (χ2n) is 12.0. The summed E-state index contributed by atoms with van der Waals surface area (Å²) in [6.45, 7) is 17.3. The highest BCUT2D eigenvalue weighted by Gasteiger charge is 2.26. The van der Waals surface area contributed by atoms with Crippen LogP contribution < -0.4 is 0 Å². The number of nitrogens with zero attached hydrogens (tertiary/aromatic N) is 3. The number of hydrogen-bond donors (Lipinski definition) is 0. The molecule has 40 heavy (non-hydrogen) atoms. The van der Waals surface area contributed by atoms with Gasteiger partial charge in [-0.15, -0.1) is 0 Å². The van der Waals surface area contributed by atoms with E-state index in [1.807, 2.05) is 30.3 Å². The van der Waals surface area contributed by atoms with Crippen LogP contribution in [0.3, 0.4) is 0 Å². The maximum Gasteiger partial charge on any atom is 0.410 e. The lowest BCUT2D eigenvalue weighted by atomic mass is 10.2. The summed E-state index contributed by atoms with van der Waals surface area (Å²) < 4.78 is 22.0. The van der Waals surface area contributed by atoms with Crippen molar-refractivity contribution in [3.05, 3.63) is 35.9 Å². The molecule has 1 aliphatic heterocycles. The average molecular weight is 564 g/mol. The lowest BCUT2D eigenvalue weighted by molar-refractivity contribution is -0.156. The number of piperazine rings is 1. The Bertz CT molecular complexity index is 904. The first-order chi connectivity index (χ1) is 18.8. The summed E-state index contributed by atoms with van der Waals surface area (Å²) >= 11 is 0. The topological polar surface area (TPSA) is 97.9 Å². The van der Waals surface area contributed by atoms with Gasteiger partial charge >= 0.3 is 18.0 Å². The first-order valence-corrected chi connectivity index (χ1v) is 14.2. The third-order valence-corrected chi connectivity index (χ3v) is 6.01. The third-order valence-electron chi connectivity index (χ3n) is 6.01. The lowest BCUT2D eigenvalue weighted by Gasteiger charge is -2.34. The summed E-state index contributed by atoms with van der Waals surface area (Å²) in [5.41, 5.74) is -0.305. The van der Waals surface area contributed by atoms with Crippen molar-refractivity contribution >= 4 is 18.0 Å². The van der Waals surface area contributed by atoms with Gasteiger partial charge in [0.2, 0.25) is 0 Å². The number of esters is 2. The molecule has 0 radical (unpaired) electrons. The van der Waals surface area contributed by atoms with Gasteiger partial charge < -0.3 is 23.8 Å². The van der Waals surface area contributed by atoms with Gasteiger partial charge in [0, 0.05) is 45.7 Å². The number of carbonyl (C=O) groups is 3. The molecule has 0 N–H and O–H groups in total. The minimum absolute atomic E-state index is 0.157. The molecule has 1 fully saturated rings. The molecule has 0 atom stereocenters. The molecule has 0 spiro atoms. The van der Waals surface area contributed by atoms with Gasteiger partial charge in [-0.2, -0.15) is 0 Å². The van der Waals surface area contributed by atoms with E-state index in [1.165, 1.54) is 4.90 Å². The molecule has 2 rings (SSSR count). The average Bonchev–Trinajstić information content (AvgIpc) is 2.86. The van der Waals surface area contributed by atoms with Crippen molar-refractivity contribution in [1.29, 1.82) is 0 Å². The normalized spacial score (nSPS) is 14.9. The highest BCUT2D eigenvalue weighted by Crippen LogP contribution is 2.12. The van der Waals surface area contributed by atoms with Gasteiger partial charge in [0.15, 0.2) is 0 Å². The van der Waals surface area contributed by atoms with Crippen molar-refractivity contribution in [2.24, 2.45) is 0 Å². The standard InChI is InChI=1S/C30H49N3O7/c1-29(2,3)39-27(35)23-33(28(36)40-30(4,5)6)20-22-37-21-19-32-17-15-31(16-18-32)14-10-13-26(34)38-24-25-11-8-7-9-12-25/h7-9,11-12H,10,13-24H2,1-6H3. The molecule has 1 saturated heterocycles. The van der Waals surface area contributed by atoms with E-state index in [0.717, 1.165) is 51.3 Å². The Kier molecular flexibility index (Phi) is 13.9. The van der Waals surface area contributed by atoms with E-state index in [4.69, 9.17) is 18.9 Å². The highest BCUT2D eigenvalue weighted by atomic mass is 16.6. The zero-order valence-corrected chi connectivity index (χ0v) is 25.3. The summed E-state index contributed by atoms with van der Waals surface area (Å²) in [6.07, 6.45) is 0.645. The number of amides is 1. The number of benzene rings is 1. The predicted octanol–water partition coefficient (Wildman–Crippen LogP) is 3.72. The molecule has 1 amide bonds. The maximum atomic E-state index is 12.6. The Morgan fingerprint density at radius 3 is 2.00 bits per heavy atom. The molecule has 1 aliphatic rings. The van der Waals surface area contributed by atoms with Crippen molar-refractivity contribution in [2.45, 2.75) is 72.2 Å². The molecule has 10 nitrogen and oxygen atoms in total. The molecule has 1 heterocycles. The van der Waals surface area contributed by atoms with Crippen LogP contribution in [0, 0.1) is 0 Å². The Morgan fingerprint density at radius 2 is 1.40 bits per heavy atom. The largest absolute Gasteiger partial charge is 0.461 e. The Morgan fingerprint density at radius 1 is 0.800 bits per heavy atom. The van der Waals surface area contributed by atoms with Gasteiger partial charge in [-0.3, -0.25) is 19.4 Å². The van der Waals surface area contributed by atoms with E-state index in [2.05, 4.69) is 9.80 Å². The van der Waals surface area contributed by atoms with Gasteiger partial charge in [0.05, 0.1) is 13.2 Å². The summed E-state index contributed by atoms with van der Waals surface area (Å²) in [7, 11) is 0. The van der Waals surface area contributed by atoms with Crippen LogP contribution in [0.4, 0.5) is 4.79 Å². The summed E-state index contributed by atoms with van der Waals surface area (Å²) in [6, 6.07) is 9.71. The minimum atomic E-state index is -0.669. The molecular weight excluding hydrogens is 514 g/mol. The number of hydrogen-bond acceptors (Lipinski definition) is 9. The molecule has 1 aromatic rings. The van der Waals surface area contributed by atoms with Gasteiger partial charge in [-0.1, -0.05) is 30.3 Å². The molecule has 0 aliphatic carbocycles. The molecule has 226 valence electrons. The Balaban J connectivity index is 1.60. The van der Waals surface area contributed by atoms with Crippen LogP contribution in [0.15, 0.2) is 30.3 Å². The van der Waals surface area contributed by atoms with Crippen LogP contribution in [-0.2, 0) is 35.1 Å². The predicted molar refractivity (Wildman–Crippen MR) is 153 cm³/mol.